The number of ether oxygens (including phenoxy) is 3. The Morgan fingerprint density at radius 2 is 1.25 bits per heavy atom. The quantitative estimate of drug-likeness (QED) is 0.0578. The number of nitro benzene ring substituents is 1. The summed E-state index contributed by atoms with van der Waals surface area (Å²) in [6, 6.07) is 10.3. The Morgan fingerprint density at radius 1 is 0.714 bits per heavy atom. The number of carbonyl (C=O) groups excluding carboxylic acids is 1. The third-order valence-electron chi connectivity index (χ3n) is 7.50. The molecule has 0 spiro atoms. The smallest absolute Gasteiger partial charge is 0.460 e. The Hall–Kier alpha value is -4.36. The summed E-state index contributed by atoms with van der Waals surface area (Å²) < 4.78 is 245. The van der Waals surface area contributed by atoms with Gasteiger partial charge >= 0.3 is 53.7 Å². The Balaban J connectivity index is 2.27. The van der Waals surface area contributed by atoms with E-state index in [0.717, 1.165) is 23.1 Å². The number of rotatable bonds is 21. The number of halogens is 17. The minimum absolute atomic E-state index is 0.190. The number of amides is 1. The van der Waals surface area contributed by atoms with Gasteiger partial charge in [0.2, 0.25) is 0 Å². The monoisotopic (exact) mass is 850 g/mol. The van der Waals surface area contributed by atoms with Crippen LogP contribution in [0, 0.1) is 10.1 Å². The summed E-state index contributed by atoms with van der Waals surface area (Å²) in [4.78, 5) is 24.4. The molecule has 1 N–H and O–H groups in total. The van der Waals surface area contributed by atoms with Crippen molar-refractivity contribution in [1.29, 1.82) is 0 Å². The molecule has 9 nitrogen and oxygen atoms in total. The maximum absolute atomic E-state index is 14.3. The molecule has 0 aliphatic carbocycles. The molecule has 1 amide bonds. The van der Waals surface area contributed by atoms with Crippen molar-refractivity contribution in [3.05, 3.63) is 69.8 Å². The molecule has 0 radical (unpaired) electrons. The van der Waals surface area contributed by atoms with E-state index in [9.17, 15) is 89.5 Å². The number of nitrogens with zero attached hydrogens (tertiary/aromatic N) is 2. The van der Waals surface area contributed by atoms with Crippen molar-refractivity contribution >= 4 is 11.8 Å². The molecule has 0 unspecified atom stereocenters. The number of alkyl halides is 17. The largest absolute Gasteiger partial charge is 0.494 e. The number of carbonyl (C=O) groups is 1. The van der Waals surface area contributed by atoms with Crippen LogP contribution in [-0.4, -0.2) is 102 Å². The van der Waals surface area contributed by atoms with Gasteiger partial charge in [0, 0.05) is 19.0 Å². The standard InChI is InChI=1S/C30H27F17N2O7/c31-23(32,24(33,34)25(35,36)26(37,38)27(39,40)28(41,42)29(43,44)30(45,46)47)9-4-12-55-20-7-8-21(49(52)53)19(15-20)16-48(10-13-54-14-11-50)22(51)56-17-18-5-2-1-3-6-18/h1-3,5-8,15,50H,4,9-14,16-17H2. The summed E-state index contributed by atoms with van der Waals surface area (Å²) in [7, 11) is 0. The maximum Gasteiger partial charge on any atom is 0.460 e. The van der Waals surface area contributed by atoms with E-state index in [1.54, 1.807) is 30.3 Å². The molecular weight excluding hydrogens is 823 g/mol. The van der Waals surface area contributed by atoms with Gasteiger partial charge in [-0.2, -0.15) is 74.6 Å². The Kier molecular flexibility index (Phi) is 14.9. The lowest BCUT2D eigenvalue weighted by Gasteiger charge is -2.42. The van der Waals surface area contributed by atoms with Crippen molar-refractivity contribution in [2.45, 2.75) is 73.6 Å². The minimum atomic E-state index is -8.74. The lowest BCUT2D eigenvalue weighted by atomic mass is 9.88. The van der Waals surface area contributed by atoms with Gasteiger partial charge in [-0.1, -0.05) is 30.3 Å². The van der Waals surface area contributed by atoms with Crippen molar-refractivity contribution in [2.75, 3.05) is 33.0 Å². The number of hydrogen-bond acceptors (Lipinski definition) is 7. The van der Waals surface area contributed by atoms with E-state index in [0.29, 0.717) is 5.56 Å². The predicted molar refractivity (Wildman–Crippen MR) is 153 cm³/mol. The molecule has 0 bridgehead atoms. The lowest BCUT2D eigenvalue weighted by molar-refractivity contribution is -0.461. The molecule has 0 aromatic heterocycles. The van der Waals surface area contributed by atoms with Crippen molar-refractivity contribution in [3.8, 4) is 5.75 Å². The van der Waals surface area contributed by atoms with E-state index in [1.807, 2.05) is 0 Å². The first kappa shape index (κ1) is 47.8. The van der Waals surface area contributed by atoms with E-state index in [-0.39, 0.29) is 31.9 Å². The van der Waals surface area contributed by atoms with Crippen molar-refractivity contribution in [3.63, 3.8) is 0 Å². The Morgan fingerprint density at radius 3 is 1.77 bits per heavy atom. The summed E-state index contributed by atoms with van der Waals surface area (Å²) in [5.74, 6) is -57.7. The molecule has 318 valence electrons. The predicted octanol–water partition coefficient (Wildman–Crippen LogP) is 8.91. The van der Waals surface area contributed by atoms with Crippen LogP contribution < -0.4 is 4.74 Å². The zero-order valence-electron chi connectivity index (χ0n) is 27.7. The van der Waals surface area contributed by atoms with Gasteiger partial charge in [0.15, 0.2) is 0 Å². The topological polar surface area (TPSA) is 111 Å². The molecule has 56 heavy (non-hydrogen) atoms. The third-order valence-corrected chi connectivity index (χ3v) is 7.50. The van der Waals surface area contributed by atoms with Gasteiger partial charge in [0.1, 0.15) is 12.4 Å². The highest BCUT2D eigenvalue weighted by Gasteiger charge is 2.95. The van der Waals surface area contributed by atoms with E-state index in [4.69, 9.17) is 19.3 Å². The molecule has 0 atom stereocenters. The van der Waals surface area contributed by atoms with Crippen LogP contribution in [0.15, 0.2) is 48.5 Å². The average molecular weight is 851 g/mol. The van der Waals surface area contributed by atoms with Crippen LogP contribution in [-0.2, 0) is 22.6 Å². The summed E-state index contributed by atoms with van der Waals surface area (Å²) in [5.41, 5.74) is -0.567. The molecule has 0 aliphatic heterocycles. The zero-order valence-corrected chi connectivity index (χ0v) is 27.7. The lowest BCUT2D eigenvalue weighted by Crippen LogP contribution is -2.74. The van der Waals surface area contributed by atoms with Crippen LogP contribution >= 0.6 is 0 Å². The van der Waals surface area contributed by atoms with Crippen LogP contribution in [0.4, 0.5) is 85.1 Å². The molecule has 0 heterocycles. The van der Waals surface area contributed by atoms with Gasteiger partial charge in [-0.25, -0.2) is 4.79 Å². The molecule has 0 saturated heterocycles. The minimum Gasteiger partial charge on any atom is -0.494 e. The van der Waals surface area contributed by atoms with Gasteiger partial charge in [-0.05, 0) is 24.1 Å². The second-order valence-electron chi connectivity index (χ2n) is 11.4. The van der Waals surface area contributed by atoms with Gasteiger partial charge in [0.25, 0.3) is 5.69 Å². The molecule has 2 aromatic carbocycles. The molecule has 26 heteroatoms. The van der Waals surface area contributed by atoms with E-state index < -0.39 is 103 Å². The zero-order chi connectivity index (χ0) is 43.2. The summed E-state index contributed by atoms with van der Waals surface area (Å²) in [6.45, 7) is -3.44. The van der Waals surface area contributed by atoms with Crippen LogP contribution in [0.3, 0.4) is 0 Å². The second kappa shape index (κ2) is 17.4. The van der Waals surface area contributed by atoms with Gasteiger partial charge < -0.3 is 24.2 Å². The first-order valence-electron chi connectivity index (χ1n) is 15.2. The number of aliphatic hydroxyl groups is 1. The third kappa shape index (κ3) is 9.59. The number of benzene rings is 2. The first-order valence-corrected chi connectivity index (χ1v) is 15.2. The molecule has 0 fully saturated rings. The molecule has 0 saturated carbocycles. The number of nitro groups is 1. The highest BCUT2D eigenvalue weighted by atomic mass is 19.4. The first-order chi connectivity index (χ1) is 25.4. The summed E-state index contributed by atoms with van der Waals surface area (Å²) >= 11 is 0. The SMILES string of the molecule is O=C(OCc1ccccc1)N(CCOCCO)Cc1cc(OCCCC(F)(F)C(F)(F)C(F)(F)C(F)(F)C(F)(F)C(F)(F)C(F)(F)C(F)(F)F)ccc1[N+](=O)[O-]. The normalized spacial score (nSPS) is 13.8. The fourth-order valence-electron chi connectivity index (χ4n) is 4.39. The number of aliphatic hydroxyl groups excluding tert-OH is 1. The average Bonchev–Trinajstić information content (AvgIpc) is 3.09. The van der Waals surface area contributed by atoms with Gasteiger partial charge in [-0.3, -0.25) is 10.1 Å². The van der Waals surface area contributed by atoms with Crippen molar-refractivity contribution in [2.24, 2.45) is 0 Å². The molecular formula is C30H27F17N2O7. The van der Waals surface area contributed by atoms with Crippen LogP contribution in [0.5, 0.6) is 5.75 Å². The van der Waals surface area contributed by atoms with Crippen molar-refractivity contribution in [1.82, 2.24) is 4.90 Å². The Labute approximate surface area is 303 Å². The summed E-state index contributed by atoms with van der Waals surface area (Å²) in [5, 5.41) is 20.5. The maximum atomic E-state index is 14.3. The molecule has 0 aliphatic rings. The van der Waals surface area contributed by atoms with Crippen molar-refractivity contribution < 1.29 is 104 Å². The van der Waals surface area contributed by atoms with Crippen LogP contribution in [0.25, 0.3) is 0 Å². The highest BCUT2D eigenvalue weighted by molar-refractivity contribution is 5.68. The molecule has 2 aromatic rings. The Bertz CT molecular complexity index is 1630. The van der Waals surface area contributed by atoms with Gasteiger partial charge in [0.05, 0.1) is 43.5 Å². The van der Waals surface area contributed by atoms with E-state index in [2.05, 4.69) is 0 Å². The number of hydrogen-bond donors (Lipinski definition) is 1. The fourth-order valence-corrected chi connectivity index (χ4v) is 4.39. The fraction of sp³-hybridized carbons (Fsp3) is 0.567. The van der Waals surface area contributed by atoms with Crippen LogP contribution in [0.1, 0.15) is 24.0 Å². The summed E-state index contributed by atoms with van der Waals surface area (Å²) in [6.07, 6.45) is -13.3. The molecule has 2 rings (SSSR count). The van der Waals surface area contributed by atoms with Gasteiger partial charge in [-0.15, -0.1) is 0 Å². The highest BCUT2D eigenvalue weighted by Crippen LogP contribution is 2.64. The van der Waals surface area contributed by atoms with E-state index in [1.165, 1.54) is 0 Å². The second-order valence-corrected chi connectivity index (χ2v) is 11.4. The van der Waals surface area contributed by atoms with E-state index >= 15 is 0 Å². The van der Waals surface area contributed by atoms with Crippen LogP contribution in [0.2, 0.25) is 0 Å².